The van der Waals surface area contributed by atoms with Gasteiger partial charge in [0.1, 0.15) is 0 Å². The van der Waals surface area contributed by atoms with E-state index < -0.39 is 0 Å². The van der Waals surface area contributed by atoms with Gasteiger partial charge >= 0.3 is 0 Å². The van der Waals surface area contributed by atoms with Gasteiger partial charge in [0.05, 0.1) is 11.6 Å². The predicted molar refractivity (Wildman–Crippen MR) is 192 cm³/mol. The van der Waals surface area contributed by atoms with Gasteiger partial charge in [0.15, 0.2) is 17.5 Å². The third-order valence-corrected chi connectivity index (χ3v) is 11.1. The molecule has 4 saturated carbocycles. The lowest BCUT2D eigenvalue weighted by atomic mass is 9.48. The van der Waals surface area contributed by atoms with E-state index in [1.807, 2.05) is 66.7 Å². The zero-order valence-electron chi connectivity index (χ0n) is 26.9. The summed E-state index contributed by atoms with van der Waals surface area (Å²) in [5.41, 5.74) is 9.42. The molecule has 4 aliphatic carbocycles. The van der Waals surface area contributed by atoms with Crippen molar-refractivity contribution in [1.29, 1.82) is 5.26 Å². The molecule has 0 aliphatic heterocycles. The van der Waals surface area contributed by atoms with Crippen LogP contribution in [0, 0.1) is 29.1 Å². The number of benzene rings is 5. The first-order valence-corrected chi connectivity index (χ1v) is 17.3. The minimum atomic E-state index is 0.296. The second kappa shape index (κ2) is 11.7. The fraction of sp³-hybridized carbons (Fsp3) is 0.227. The third kappa shape index (κ3) is 5.11. The summed E-state index contributed by atoms with van der Waals surface area (Å²) in [6.07, 6.45) is 8.27. The molecular weight excluding hydrogens is 585 g/mol. The molecule has 232 valence electrons. The molecule has 10 rings (SSSR count). The Morgan fingerprint density at radius 1 is 0.479 bits per heavy atom. The maximum Gasteiger partial charge on any atom is 0.164 e. The summed E-state index contributed by atoms with van der Waals surface area (Å²) in [5.74, 6) is 4.41. The van der Waals surface area contributed by atoms with Crippen LogP contribution in [-0.2, 0) is 5.41 Å². The summed E-state index contributed by atoms with van der Waals surface area (Å²) in [6.45, 7) is 0. The highest BCUT2D eigenvalue weighted by molar-refractivity contribution is 5.87. The van der Waals surface area contributed by atoms with Crippen molar-refractivity contribution in [3.8, 4) is 62.5 Å². The molecule has 1 aromatic heterocycles. The fourth-order valence-corrected chi connectivity index (χ4v) is 9.38. The van der Waals surface area contributed by atoms with Crippen LogP contribution in [0.25, 0.3) is 56.4 Å². The minimum Gasteiger partial charge on any atom is -0.208 e. The van der Waals surface area contributed by atoms with Crippen molar-refractivity contribution in [3.63, 3.8) is 0 Å². The summed E-state index contributed by atoms with van der Waals surface area (Å²) >= 11 is 0. The highest BCUT2D eigenvalue weighted by Crippen LogP contribution is 2.61. The topological polar surface area (TPSA) is 62.5 Å². The molecule has 5 aromatic carbocycles. The molecule has 0 amide bonds. The number of hydrogen-bond donors (Lipinski definition) is 0. The van der Waals surface area contributed by atoms with Crippen molar-refractivity contribution in [3.05, 3.63) is 139 Å². The average molecular weight is 621 g/mol. The molecule has 4 aliphatic rings. The summed E-state index contributed by atoms with van der Waals surface area (Å²) < 4.78 is 0. The Labute approximate surface area is 282 Å². The molecule has 4 bridgehead atoms. The number of nitrogens with zero attached hydrogens (tertiary/aromatic N) is 4. The van der Waals surface area contributed by atoms with Crippen LogP contribution in [0.15, 0.2) is 127 Å². The molecule has 1 heterocycles. The summed E-state index contributed by atoms with van der Waals surface area (Å²) in [4.78, 5) is 14.7. The molecule has 0 unspecified atom stereocenters. The number of aromatic nitrogens is 3. The lowest BCUT2D eigenvalue weighted by Crippen LogP contribution is -2.48. The Balaban J connectivity index is 1.16. The largest absolute Gasteiger partial charge is 0.208 e. The smallest absolute Gasteiger partial charge is 0.164 e. The van der Waals surface area contributed by atoms with Crippen LogP contribution in [0.1, 0.15) is 49.7 Å². The Morgan fingerprint density at radius 2 is 0.958 bits per heavy atom. The van der Waals surface area contributed by atoms with Crippen LogP contribution in [0.2, 0.25) is 0 Å². The van der Waals surface area contributed by atoms with E-state index in [9.17, 15) is 5.26 Å². The van der Waals surface area contributed by atoms with E-state index in [0.29, 0.717) is 28.5 Å². The van der Waals surface area contributed by atoms with Crippen molar-refractivity contribution in [2.75, 3.05) is 0 Å². The maximum absolute atomic E-state index is 10.6. The molecule has 0 N–H and O–H groups in total. The average Bonchev–Trinajstić information content (AvgIpc) is 3.15. The van der Waals surface area contributed by atoms with Gasteiger partial charge in [-0.25, -0.2) is 15.0 Å². The van der Waals surface area contributed by atoms with Gasteiger partial charge in [-0.05, 0) is 96.1 Å². The molecule has 0 radical (unpaired) electrons. The van der Waals surface area contributed by atoms with E-state index in [1.54, 1.807) is 0 Å². The Hall–Kier alpha value is -5.40. The molecular formula is C44H36N4. The van der Waals surface area contributed by atoms with Crippen LogP contribution < -0.4 is 0 Å². The standard InChI is InChI=1S/C44H36N4/c45-28-36-23-35(43-47-41(33-12-6-2-7-13-33)46-42(48-43)34-14-8-3-9-15-34)16-18-38(36)39-19-17-37(24-40(39)32-10-4-1-5-11-32)44-25-29-20-30(26-44)22-31(21-29)27-44/h1-19,23-24,29-31H,20-22,25-27H2. The van der Waals surface area contributed by atoms with Gasteiger partial charge in [0.25, 0.3) is 0 Å². The Kier molecular flexibility index (Phi) is 7.01. The summed E-state index contributed by atoms with van der Waals surface area (Å²) in [6, 6.07) is 46.4. The SMILES string of the molecule is N#Cc1cc(-c2nc(-c3ccccc3)nc(-c3ccccc3)n2)ccc1-c1ccc(C23CC4CC(CC(C4)C2)C3)cc1-c1ccccc1. The van der Waals surface area contributed by atoms with E-state index >= 15 is 0 Å². The monoisotopic (exact) mass is 620 g/mol. The Morgan fingerprint density at radius 3 is 1.48 bits per heavy atom. The van der Waals surface area contributed by atoms with Crippen LogP contribution in [0.5, 0.6) is 0 Å². The van der Waals surface area contributed by atoms with Gasteiger partial charge in [-0.2, -0.15) is 5.26 Å². The van der Waals surface area contributed by atoms with Crippen LogP contribution in [-0.4, -0.2) is 15.0 Å². The normalized spacial score (nSPS) is 22.4. The lowest BCUT2D eigenvalue weighted by Gasteiger charge is -2.57. The van der Waals surface area contributed by atoms with E-state index in [0.717, 1.165) is 45.6 Å². The first kappa shape index (κ1) is 28.8. The van der Waals surface area contributed by atoms with E-state index in [2.05, 4.69) is 66.7 Å². The first-order valence-electron chi connectivity index (χ1n) is 17.3. The first-order chi connectivity index (χ1) is 23.6. The van der Waals surface area contributed by atoms with Crippen molar-refractivity contribution >= 4 is 0 Å². The molecule has 0 spiro atoms. The van der Waals surface area contributed by atoms with Gasteiger partial charge in [-0.15, -0.1) is 0 Å². The second-order valence-corrected chi connectivity index (χ2v) is 14.2. The number of rotatable bonds is 6. The molecule has 48 heavy (non-hydrogen) atoms. The van der Waals surface area contributed by atoms with Crippen LogP contribution in [0.4, 0.5) is 0 Å². The van der Waals surface area contributed by atoms with Crippen molar-refractivity contribution in [2.45, 2.75) is 43.9 Å². The van der Waals surface area contributed by atoms with Crippen LogP contribution in [0.3, 0.4) is 0 Å². The highest BCUT2D eigenvalue weighted by Gasteiger charge is 2.51. The van der Waals surface area contributed by atoms with E-state index in [1.165, 1.54) is 55.2 Å². The van der Waals surface area contributed by atoms with Gasteiger partial charge in [0.2, 0.25) is 0 Å². The predicted octanol–water partition coefficient (Wildman–Crippen LogP) is 10.5. The van der Waals surface area contributed by atoms with E-state index in [4.69, 9.17) is 15.0 Å². The Bertz CT molecular complexity index is 2070. The molecule has 0 saturated heterocycles. The van der Waals surface area contributed by atoms with Gasteiger partial charge < -0.3 is 0 Å². The maximum atomic E-state index is 10.6. The fourth-order valence-electron chi connectivity index (χ4n) is 9.38. The van der Waals surface area contributed by atoms with Crippen LogP contribution >= 0.6 is 0 Å². The zero-order valence-corrected chi connectivity index (χ0v) is 26.9. The molecule has 6 aromatic rings. The van der Waals surface area contributed by atoms with E-state index in [-0.39, 0.29) is 0 Å². The number of hydrogen-bond acceptors (Lipinski definition) is 4. The summed E-state index contributed by atoms with van der Waals surface area (Å²) in [5, 5.41) is 10.6. The highest BCUT2D eigenvalue weighted by atomic mass is 15.0. The molecule has 4 fully saturated rings. The molecule has 4 nitrogen and oxygen atoms in total. The van der Waals surface area contributed by atoms with Crippen molar-refractivity contribution in [1.82, 2.24) is 15.0 Å². The zero-order chi connectivity index (χ0) is 32.1. The molecule has 4 heteroatoms. The van der Waals surface area contributed by atoms with Crippen molar-refractivity contribution < 1.29 is 0 Å². The number of nitriles is 1. The van der Waals surface area contributed by atoms with Gasteiger partial charge in [0, 0.05) is 22.3 Å². The summed E-state index contributed by atoms with van der Waals surface area (Å²) in [7, 11) is 0. The third-order valence-electron chi connectivity index (χ3n) is 11.1. The van der Waals surface area contributed by atoms with Gasteiger partial charge in [-0.1, -0.05) is 115 Å². The van der Waals surface area contributed by atoms with Crippen molar-refractivity contribution in [2.24, 2.45) is 17.8 Å². The minimum absolute atomic E-state index is 0.296. The second-order valence-electron chi connectivity index (χ2n) is 14.2. The van der Waals surface area contributed by atoms with Gasteiger partial charge in [-0.3, -0.25) is 0 Å². The molecule has 0 atom stereocenters. The quantitative estimate of drug-likeness (QED) is 0.186. The lowest BCUT2D eigenvalue weighted by molar-refractivity contribution is -0.00516.